The molecule has 1 aliphatic heterocycles. The van der Waals surface area contributed by atoms with Crippen molar-refractivity contribution in [3.05, 3.63) is 69.7 Å². The maximum atomic E-state index is 12.4. The van der Waals surface area contributed by atoms with Crippen molar-refractivity contribution in [3.8, 4) is 0 Å². The van der Waals surface area contributed by atoms with Crippen LogP contribution in [-0.2, 0) is 9.84 Å². The summed E-state index contributed by atoms with van der Waals surface area (Å²) in [6, 6.07) is 13.7. The van der Waals surface area contributed by atoms with Crippen LogP contribution in [0.25, 0.3) is 6.08 Å². The van der Waals surface area contributed by atoms with Gasteiger partial charge in [0.2, 0.25) is 0 Å². The van der Waals surface area contributed by atoms with Crippen molar-refractivity contribution in [3.63, 3.8) is 0 Å². The van der Waals surface area contributed by atoms with Gasteiger partial charge in [-0.2, -0.15) is 0 Å². The van der Waals surface area contributed by atoms with Crippen LogP contribution in [0.2, 0.25) is 0 Å². The molecule has 1 heterocycles. The number of hydrogen-bond acceptors (Lipinski definition) is 3. The van der Waals surface area contributed by atoms with Crippen molar-refractivity contribution >= 4 is 37.6 Å². The molecule has 2 aromatic rings. The molecule has 0 amide bonds. The molecule has 0 unspecified atom stereocenters. The first-order valence-electron chi connectivity index (χ1n) is 6.30. The fourth-order valence-electron chi connectivity index (χ4n) is 2.31. The topological polar surface area (TPSA) is 51.2 Å². The summed E-state index contributed by atoms with van der Waals surface area (Å²) < 4.78 is 25.5. The van der Waals surface area contributed by atoms with Crippen molar-refractivity contribution in [2.24, 2.45) is 0 Å². The third-order valence-electron chi connectivity index (χ3n) is 3.31. The first kappa shape index (κ1) is 14.2. The predicted octanol–water partition coefficient (Wildman–Crippen LogP) is 3.50. The Morgan fingerprint density at radius 3 is 2.38 bits per heavy atom. The molecule has 0 radical (unpaired) electrons. The first-order chi connectivity index (χ1) is 9.97. The van der Waals surface area contributed by atoms with E-state index in [9.17, 15) is 13.2 Å². The standard InChI is InChI=1S/C16H11BrO3S/c17-13-7-5-11(6-8-13)9-12-10-21(19,20)15-4-2-1-3-14(15)16(12)18/h1-9H,10H2/b12-9+. The van der Waals surface area contributed by atoms with Crippen molar-refractivity contribution in [2.45, 2.75) is 4.90 Å². The van der Waals surface area contributed by atoms with E-state index in [4.69, 9.17) is 0 Å². The number of ketones is 1. The van der Waals surface area contributed by atoms with E-state index in [0.717, 1.165) is 10.0 Å². The van der Waals surface area contributed by atoms with Crippen LogP contribution in [0, 0.1) is 0 Å². The van der Waals surface area contributed by atoms with Gasteiger partial charge in [0, 0.05) is 15.6 Å². The second kappa shape index (κ2) is 5.24. The lowest BCUT2D eigenvalue weighted by molar-refractivity contribution is 0.103. The maximum absolute atomic E-state index is 12.4. The van der Waals surface area contributed by atoms with E-state index in [1.807, 2.05) is 24.3 Å². The Hall–Kier alpha value is -1.72. The van der Waals surface area contributed by atoms with E-state index in [1.165, 1.54) is 6.07 Å². The summed E-state index contributed by atoms with van der Waals surface area (Å²) in [5, 5.41) is 0. The van der Waals surface area contributed by atoms with Crippen LogP contribution < -0.4 is 0 Å². The SMILES string of the molecule is O=C1/C(=C/c2ccc(Br)cc2)CS(=O)(=O)c2ccccc21. The zero-order chi connectivity index (χ0) is 15.0. The highest BCUT2D eigenvalue weighted by Crippen LogP contribution is 2.28. The summed E-state index contributed by atoms with van der Waals surface area (Å²) in [6.07, 6.45) is 1.64. The molecule has 0 saturated carbocycles. The fraction of sp³-hybridized carbons (Fsp3) is 0.0625. The Morgan fingerprint density at radius 1 is 1.00 bits per heavy atom. The number of hydrogen-bond donors (Lipinski definition) is 0. The van der Waals surface area contributed by atoms with Gasteiger partial charge in [-0.15, -0.1) is 0 Å². The molecule has 0 saturated heterocycles. The molecule has 3 nitrogen and oxygen atoms in total. The quantitative estimate of drug-likeness (QED) is 0.729. The molecule has 0 bridgehead atoms. The van der Waals surface area contributed by atoms with Gasteiger partial charge >= 0.3 is 0 Å². The zero-order valence-electron chi connectivity index (χ0n) is 10.9. The molecular weight excluding hydrogens is 352 g/mol. The van der Waals surface area contributed by atoms with Gasteiger partial charge in [0.1, 0.15) is 0 Å². The summed E-state index contributed by atoms with van der Waals surface area (Å²) >= 11 is 3.34. The number of sulfone groups is 1. The predicted molar refractivity (Wildman–Crippen MR) is 84.9 cm³/mol. The Balaban J connectivity index is 2.11. The van der Waals surface area contributed by atoms with Crippen LogP contribution in [0.5, 0.6) is 0 Å². The molecule has 1 aliphatic rings. The van der Waals surface area contributed by atoms with Crippen LogP contribution in [0.15, 0.2) is 63.5 Å². The van der Waals surface area contributed by atoms with E-state index < -0.39 is 9.84 Å². The Bertz CT molecular complexity index is 849. The number of benzene rings is 2. The molecule has 106 valence electrons. The first-order valence-corrected chi connectivity index (χ1v) is 8.74. The molecule has 3 rings (SSSR count). The molecular formula is C16H11BrO3S. The number of fused-ring (bicyclic) bond motifs is 1. The summed E-state index contributed by atoms with van der Waals surface area (Å²) in [4.78, 5) is 12.6. The molecule has 0 spiro atoms. The summed E-state index contributed by atoms with van der Waals surface area (Å²) in [5.74, 6) is -0.470. The fourth-order valence-corrected chi connectivity index (χ4v) is 4.14. The minimum atomic E-state index is -3.45. The molecule has 2 aromatic carbocycles. The number of Topliss-reactive ketones (excluding diaryl/α,β-unsaturated/α-hetero) is 1. The number of carbonyl (C=O) groups is 1. The van der Waals surface area contributed by atoms with Crippen LogP contribution in [0.4, 0.5) is 0 Å². The molecule has 0 N–H and O–H groups in total. The van der Waals surface area contributed by atoms with Gasteiger partial charge in [-0.05, 0) is 35.9 Å². The highest BCUT2D eigenvalue weighted by Gasteiger charge is 2.32. The van der Waals surface area contributed by atoms with Gasteiger partial charge in [-0.25, -0.2) is 8.42 Å². The zero-order valence-corrected chi connectivity index (χ0v) is 13.3. The van der Waals surface area contributed by atoms with Gasteiger partial charge in [0.15, 0.2) is 15.6 Å². The van der Waals surface area contributed by atoms with E-state index in [0.29, 0.717) is 5.57 Å². The second-order valence-corrected chi connectivity index (χ2v) is 7.68. The minimum absolute atomic E-state index is 0.128. The largest absolute Gasteiger partial charge is 0.289 e. The van der Waals surface area contributed by atoms with Crippen LogP contribution in [0.1, 0.15) is 15.9 Å². The monoisotopic (exact) mass is 362 g/mol. The summed E-state index contributed by atoms with van der Waals surface area (Å²) in [7, 11) is -3.45. The normalized spacial score (nSPS) is 18.5. The van der Waals surface area contributed by atoms with Crippen molar-refractivity contribution in [1.82, 2.24) is 0 Å². The average Bonchev–Trinajstić information content (AvgIpc) is 2.47. The third kappa shape index (κ3) is 2.71. The lowest BCUT2D eigenvalue weighted by Gasteiger charge is -2.17. The number of halogens is 1. The third-order valence-corrected chi connectivity index (χ3v) is 5.56. The molecule has 0 aliphatic carbocycles. The Morgan fingerprint density at radius 2 is 1.67 bits per heavy atom. The molecule has 21 heavy (non-hydrogen) atoms. The maximum Gasteiger partial charge on any atom is 0.191 e. The highest BCUT2D eigenvalue weighted by molar-refractivity contribution is 9.10. The van der Waals surface area contributed by atoms with Crippen molar-refractivity contribution < 1.29 is 13.2 Å². The lowest BCUT2D eigenvalue weighted by atomic mass is 10.0. The van der Waals surface area contributed by atoms with Crippen molar-refractivity contribution in [2.75, 3.05) is 5.75 Å². The Kier molecular flexibility index (Phi) is 3.55. The molecule has 0 fully saturated rings. The van der Waals surface area contributed by atoms with Gasteiger partial charge in [0.05, 0.1) is 10.6 Å². The van der Waals surface area contributed by atoms with Gasteiger partial charge in [-0.1, -0.05) is 40.2 Å². The van der Waals surface area contributed by atoms with Gasteiger partial charge in [0.25, 0.3) is 0 Å². The van der Waals surface area contributed by atoms with E-state index in [2.05, 4.69) is 15.9 Å². The lowest BCUT2D eigenvalue weighted by Crippen LogP contribution is -2.24. The van der Waals surface area contributed by atoms with E-state index >= 15 is 0 Å². The van der Waals surface area contributed by atoms with E-state index in [1.54, 1.807) is 24.3 Å². The molecule has 5 heteroatoms. The van der Waals surface area contributed by atoms with Crippen molar-refractivity contribution in [1.29, 1.82) is 0 Å². The summed E-state index contributed by atoms with van der Waals surface area (Å²) in [5.41, 5.74) is 1.36. The minimum Gasteiger partial charge on any atom is -0.289 e. The van der Waals surface area contributed by atoms with Gasteiger partial charge < -0.3 is 0 Å². The molecule has 0 atom stereocenters. The smallest absolute Gasteiger partial charge is 0.191 e. The Labute approximate surface area is 131 Å². The van der Waals surface area contributed by atoms with E-state index in [-0.39, 0.29) is 22.0 Å². The van der Waals surface area contributed by atoms with Gasteiger partial charge in [-0.3, -0.25) is 4.79 Å². The highest BCUT2D eigenvalue weighted by atomic mass is 79.9. The number of carbonyl (C=O) groups excluding carboxylic acids is 1. The second-order valence-electron chi connectivity index (χ2n) is 4.81. The summed E-state index contributed by atoms with van der Waals surface area (Å²) in [6.45, 7) is 0. The van der Waals surface area contributed by atoms with Crippen LogP contribution >= 0.6 is 15.9 Å². The average molecular weight is 363 g/mol. The van der Waals surface area contributed by atoms with Crippen LogP contribution in [0.3, 0.4) is 0 Å². The van der Waals surface area contributed by atoms with Crippen LogP contribution in [-0.4, -0.2) is 20.0 Å². The number of rotatable bonds is 1. The molecule has 0 aromatic heterocycles.